The number of hydrogen-bond acceptors (Lipinski definition) is 5. The second-order valence-corrected chi connectivity index (χ2v) is 3.64. The van der Waals surface area contributed by atoms with Gasteiger partial charge in [0.1, 0.15) is 0 Å². The van der Waals surface area contributed by atoms with E-state index < -0.39 is 0 Å². The Morgan fingerprint density at radius 2 is 2.47 bits per heavy atom. The van der Waals surface area contributed by atoms with Gasteiger partial charge in [-0.05, 0) is 26.3 Å². The van der Waals surface area contributed by atoms with E-state index in [0.717, 1.165) is 25.8 Å². The van der Waals surface area contributed by atoms with E-state index in [2.05, 4.69) is 20.8 Å². The summed E-state index contributed by atoms with van der Waals surface area (Å²) in [5.41, 5.74) is 0. The van der Waals surface area contributed by atoms with Crippen molar-refractivity contribution in [2.45, 2.75) is 32.2 Å². The molecular weight excluding hydrogens is 196 g/mol. The highest BCUT2D eigenvalue weighted by atomic mass is 16.5. The van der Waals surface area contributed by atoms with E-state index in [9.17, 15) is 4.79 Å². The van der Waals surface area contributed by atoms with Crippen LogP contribution in [0.3, 0.4) is 0 Å². The van der Waals surface area contributed by atoms with Crippen molar-refractivity contribution in [1.82, 2.24) is 15.5 Å². The molecule has 0 bridgehead atoms. The van der Waals surface area contributed by atoms with Crippen LogP contribution in [-0.2, 0) is 4.79 Å². The van der Waals surface area contributed by atoms with E-state index >= 15 is 0 Å². The summed E-state index contributed by atoms with van der Waals surface area (Å²) in [5.74, 6) is 0.417. The van der Waals surface area contributed by atoms with Gasteiger partial charge in [0.25, 0.3) is 0 Å². The van der Waals surface area contributed by atoms with Crippen LogP contribution >= 0.6 is 0 Å². The molecule has 0 aromatic carbocycles. The minimum absolute atomic E-state index is 0.0987. The molecule has 1 saturated heterocycles. The normalized spacial score (nSPS) is 21.3. The van der Waals surface area contributed by atoms with Crippen molar-refractivity contribution < 1.29 is 9.32 Å². The van der Waals surface area contributed by atoms with E-state index in [-0.39, 0.29) is 18.0 Å². The predicted octanol–water partition coefficient (Wildman–Crippen LogP) is 0.459. The predicted molar refractivity (Wildman–Crippen MR) is 53.3 cm³/mol. The maximum absolute atomic E-state index is 11.7. The van der Waals surface area contributed by atoms with Gasteiger partial charge in [0.2, 0.25) is 5.91 Å². The molecule has 82 valence electrons. The molecule has 0 unspecified atom stereocenters. The van der Waals surface area contributed by atoms with Crippen LogP contribution in [0.25, 0.3) is 0 Å². The molecule has 2 rings (SSSR count). The van der Waals surface area contributed by atoms with Gasteiger partial charge in [0, 0.05) is 0 Å². The molecule has 1 amide bonds. The number of nitrogens with one attached hydrogen (secondary N) is 2. The van der Waals surface area contributed by atoms with Crippen LogP contribution in [0.5, 0.6) is 0 Å². The molecule has 0 radical (unpaired) electrons. The monoisotopic (exact) mass is 210 g/mol. The number of rotatable bonds is 2. The summed E-state index contributed by atoms with van der Waals surface area (Å²) in [5, 5.41) is 9.33. The first kappa shape index (κ1) is 10.1. The van der Waals surface area contributed by atoms with E-state index in [4.69, 9.17) is 4.52 Å². The summed E-state index contributed by atoms with van der Waals surface area (Å²) >= 11 is 0. The summed E-state index contributed by atoms with van der Waals surface area (Å²) in [4.78, 5) is 15.6. The Labute approximate surface area is 87.4 Å². The second kappa shape index (κ2) is 4.39. The Hall–Kier alpha value is -1.43. The molecule has 1 aliphatic rings. The van der Waals surface area contributed by atoms with Crippen molar-refractivity contribution >= 4 is 11.9 Å². The van der Waals surface area contributed by atoms with Gasteiger partial charge in [-0.25, -0.2) is 0 Å². The summed E-state index contributed by atoms with van der Waals surface area (Å²) in [6.45, 7) is 2.60. The van der Waals surface area contributed by atoms with Crippen molar-refractivity contribution in [3.8, 4) is 0 Å². The number of amides is 1. The lowest BCUT2D eigenvalue weighted by Crippen LogP contribution is -2.43. The minimum Gasteiger partial charge on any atom is -0.315 e. The number of piperidine rings is 1. The molecule has 1 aromatic rings. The van der Waals surface area contributed by atoms with E-state index in [1.807, 2.05) is 0 Å². The topological polar surface area (TPSA) is 80.0 Å². The van der Waals surface area contributed by atoms with Crippen molar-refractivity contribution in [3.63, 3.8) is 0 Å². The number of anilines is 1. The summed E-state index contributed by atoms with van der Waals surface area (Å²) in [7, 11) is 0. The maximum atomic E-state index is 11.7. The second-order valence-electron chi connectivity index (χ2n) is 3.64. The largest absolute Gasteiger partial charge is 0.328 e. The number of hydrogen-bond donors (Lipinski definition) is 2. The molecule has 2 N–H and O–H groups in total. The highest BCUT2D eigenvalue weighted by Crippen LogP contribution is 2.09. The van der Waals surface area contributed by atoms with E-state index in [1.165, 1.54) is 0 Å². The van der Waals surface area contributed by atoms with Crippen LogP contribution in [-0.4, -0.2) is 28.6 Å². The maximum Gasteiger partial charge on any atom is 0.328 e. The van der Waals surface area contributed by atoms with Gasteiger partial charge in [-0.3, -0.25) is 10.1 Å². The highest BCUT2D eigenvalue weighted by Gasteiger charge is 2.21. The van der Waals surface area contributed by atoms with Crippen LogP contribution in [0.4, 0.5) is 6.01 Å². The van der Waals surface area contributed by atoms with Gasteiger partial charge in [-0.2, -0.15) is 4.98 Å². The first-order valence-corrected chi connectivity index (χ1v) is 5.10. The molecule has 2 heterocycles. The lowest BCUT2D eigenvalue weighted by molar-refractivity contribution is -0.118. The van der Waals surface area contributed by atoms with Crippen molar-refractivity contribution in [1.29, 1.82) is 0 Å². The molecule has 6 heteroatoms. The molecule has 1 aliphatic heterocycles. The number of nitrogens with zero attached hydrogens (tertiary/aromatic N) is 2. The fraction of sp³-hybridized carbons (Fsp3) is 0.667. The van der Waals surface area contributed by atoms with Crippen molar-refractivity contribution in [2.75, 3.05) is 11.9 Å². The zero-order valence-corrected chi connectivity index (χ0v) is 8.62. The van der Waals surface area contributed by atoms with Gasteiger partial charge in [0.05, 0.1) is 6.04 Å². The third-order valence-corrected chi connectivity index (χ3v) is 2.38. The zero-order chi connectivity index (χ0) is 10.7. The standard InChI is InChI=1S/C9H14N4O2/c1-6-11-9(15-13-6)12-8(14)7-4-2-3-5-10-7/h7,10H,2-5H2,1H3,(H,11,12,13,14)/t7-/m0/s1. The molecule has 6 nitrogen and oxygen atoms in total. The summed E-state index contributed by atoms with van der Waals surface area (Å²) in [6.07, 6.45) is 3.07. The first-order valence-electron chi connectivity index (χ1n) is 5.10. The average Bonchev–Trinajstić information content (AvgIpc) is 2.65. The van der Waals surface area contributed by atoms with Crippen LogP contribution in [0.2, 0.25) is 0 Å². The van der Waals surface area contributed by atoms with Gasteiger partial charge in [-0.15, -0.1) is 0 Å². The zero-order valence-electron chi connectivity index (χ0n) is 8.62. The highest BCUT2D eigenvalue weighted by molar-refractivity contribution is 5.93. The average molecular weight is 210 g/mol. The van der Waals surface area contributed by atoms with Gasteiger partial charge in [0.15, 0.2) is 5.82 Å². The molecule has 15 heavy (non-hydrogen) atoms. The van der Waals surface area contributed by atoms with E-state index in [1.54, 1.807) is 6.92 Å². The van der Waals surface area contributed by atoms with Crippen LogP contribution < -0.4 is 10.6 Å². The molecule has 1 fully saturated rings. The van der Waals surface area contributed by atoms with Crippen LogP contribution in [0, 0.1) is 6.92 Å². The first-order chi connectivity index (χ1) is 7.25. The number of aromatic nitrogens is 2. The van der Waals surface area contributed by atoms with Gasteiger partial charge < -0.3 is 9.84 Å². The summed E-state index contributed by atoms with van der Waals surface area (Å²) < 4.78 is 4.80. The molecule has 0 spiro atoms. The number of carbonyl (C=O) groups excluding carboxylic acids is 1. The third kappa shape index (κ3) is 2.53. The summed E-state index contributed by atoms with van der Waals surface area (Å²) in [6, 6.07) is 0.0378. The van der Waals surface area contributed by atoms with Crippen LogP contribution in [0.15, 0.2) is 4.52 Å². The molecule has 0 saturated carbocycles. The number of carbonyl (C=O) groups is 1. The lowest BCUT2D eigenvalue weighted by Gasteiger charge is -2.21. The van der Waals surface area contributed by atoms with Gasteiger partial charge >= 0.3 is 6.01 Å². The van der Waals surface area contributed by atoms with Crippen molar-refractivity contribution in [2.24, 2.45) is 0 Å². The number of aryl methyl sites for hydroxylation is 1. The third-order valence-electron chi connectivity index (χ3n) is 2.38. The fourth-order valence-electron chi connectivity index (χ4n) is 1.62. The Balaban J connectivity index is 1.91. The quantitative estimate of drug-likeness (QED) is 0.741. The lowest BCUT2D eigenvalue weighted by atomic mass is 10.0. The SMILES string of the molecule is Cc1noc(NC(=O)[C@@H]2CCCCN2)n1. The minimum atomic E-state index is -0.133. The molecule has 1 aromatic heterocycles. The smallest absolute Gasteiger partial charge is 0.315 e. The van der Waals surface area contributed by atoms with Gasteiger partial charge in [-0.1, -0.05) is 11.6 Å². The van der Waals surface area contributed by atoms with Crippen molar-refractivity contribution in [3.05, 3.63) is 5.82 Å². The van der Waals surface area contributed by atoms with E-state index in [0.29, 0.717) is 5.82 Å². The Morgan fingerprint density at radius 1 is 1.60 bits per heavy atom. The molecule has 0 aliphatic carbocycles. The molecular formula is C9H14N4O2. The fourth-order valence-corrected chi connectivity index (χ4v) is 1.62. The van der Waals surface area contributed by atoms with Crippen LogP contribution in [0.1, 0.15) is 25.1 Å². The Bertz CT molecular complexity index is 344. The Kier molecular flexibility index (Phi) is 2.96. The Morgan fingerprint density at radius 3 is 3.07 bits per heavy atom. The molecule has 1 atom stereocenters.